The normalized spacial score (nSPS) is 10.7. The second kappa shape index (κ2) is 7.26. The highest BCUT2D eigenvalue weighted by molar-refractivity contribution is 14.1. The van der Waals surface area contributed by atoms with Gasteiger partial charge in [-0.3, -0.25) is 0 Å². The van der Waals surface area contributed by atoms with E-state index in [1.807, 2.05) is 23.5 Å². The van der Waals surface area contributed by atoms with Gasteiger partial charge in [0.05, 0.1) is 0 Å². The van der Waals surface area contributed by atoms with Crippen molar-refractivity contribution in [3.8, 4) is 5.75 Å². The van der Waals surface area contributed by atoms with Crippen molar-refractivity contribution < 1.29 is 4.74 Å². The molecule has 2 nitrogen and oxygen atoms in total. The molecule has 0 saturated heterocycles. The molecule has 0 fully saturated rings. The fourth-order valence-electron chi connectivity index (χ4n) is 1.78. The van der Waals surface area contributed by atoms with Crippen molar-refractivity contribution in [1.29, 1.82) is 0 Å². The van der Waals surface area contributed by atoms with E-state index in [4.69, 9.17) is 4.74 Å². The molecule has 0 radical (unpaired) electrons. The average Bonchev–Trinajstić information content (AvgIpc) is 2.75. The summed E-state index contributed by atoms with van der Waals surface area (Å²) in [5.41, 5.74) is 1.29. The molecular weight excluding hydrogens is 369 g/mol. The Morgan fingerprint density at radius 1 is 1.32 bits per heavy atom. The second-order valence-electron chi connectivity index (χ2n) is 4.32. The van der Waals surface area contributed by atoms with Crippen LogP contribution < -0.4 is 10.1 Å². The first-order chi connectivity index (χ1) is 9.19. The van der Waals surface area contributed by atoms with E-state index >= 15 is 0 Å². The molecule has 1 aromatic heterocycles. The molecule has 2 rings (SSSR count). The van der Waals surface area contributed by atoms with Crippen molar-refractivity contribution in [1.82, 2.24) is 5.32 Å². The van der Waals surface area contributed by atoms with E-state index in [1.165, 1.54) is 18.9 Å². The molecule has 0 aliphatic carbocycles. The van der Waals surface area contributed by atoms with E-state index in [0.717, 1.165) is 18.8 Å². The standard InChI is InChI=1S/C15H18INOS/c1-3-17-9-15-7-12(11(2)19-15)10-18-14-6-4-5-13(16)8-14/h4-8,17H,3,9-10H2,1-2H3. The van der Waals surface area contributed by atoms with Crippen LogP contribution in [0, 0.1) is 10.5 Å². The highest BCUT2D eigenvalue weighted by atomic mass is 127. The van der Waals surface area contributed by atoms with Crippen molar-refractivity contribution in [2.24, 2.45) is 0 Å². The van der Waals surface area contributed by atoms with Gasteiger partial charge in [0.1, 0.15) is 12.4 Å². The lowest BCUT2D eigenvalue weighted by atomic mass is 10.2. The third-order valence-corrected chi connectivity index (χ3v) is 4.58. The first-order valence-corrected chi connectivity index (χ1v) is 8.26. The van der Waals surface area contributed by atoms with E-state index in [0.29, 0.717) is 6.61 Å². The maximum atomic E-state index is 5.85. The molecule has 0 saturated carbocycles. The van der Waals surface area contributed by atoms with Gasteiger partial charge in [0.25, 0.3) is 0 Å². The zero-order chi connectivity index (χ0) is 13.7. The molecule has 1 aromatic carbocycles. The van der Waals surface area contributed by atoms with E-state index in [2.05, 4.69) is 60.0 Å². The van der Waals surface area contributed by atoms with Crippen LogP contribution in [0.1, 0.15) is 22.2 Å². The molecule has 0 spiro atoms. The Morgan fingerprint density at radius 2 is 2.16 bits per heavy atom. The summed E-state index contributed by atoms with van der Waals surface area (Å²) < 4.78 is 7.05. The number of nitrogens with one attached hydrogen (secondary N) is 1. The van der Waals surface area contributed by atoms with Crippen LogP contribution in [0.2, 0.25) is 0 Å². The van der Waals surface area contributed by atoms with E-state index in [9.17, 15) is 0 Å². The third-order valence-electron chi connectivity index (χ3n) is 2.81. The monoisotopic (exact) mass is 387 g/mol. The second-order valence-corrected chi connectivity index (χ2v) is 6.91. The van der Waals surface area contributed by atoms with Crippen LogP contribution >= 0.6 is 33.9 Å². The van der Waals surface area contributed by atoms with Gasteiger partial charge < -0.3 is 10.1 Å². The molecule has 0 atom stereocenters. The van der Waals surface area contributed by atoms with Gasteiger partial charge in [-0.2, -0.15) is 0 Å². The molecule has 0 amide bonds. The highest BCUT2D eigenvalue weighted by Crippen LogP contribution is 2.23. The topological polar surface area (TPSA) is 21.3 Å². The number of thiophene rings is 1. The van der Waals surface area contributed by atoms with Gasteiger partial charge in [-0.1, -0.05) is 13.0 Å². The van der Waals surface area contributed by atoms with Gasteiger partial charge in [-0.05, 0) is 60.3 Å². The minimum Gasteiger partial charge on any atom is -0.489 e. The zero-order valence-corrected chi connectivity index (χ0v) is 14.2. The van der Waals surface area contributed by atoms with Crippen LogP contribution in [0.4, 0.5) is 0 Å². The molecule has 0 aliphatic rings. The van der Waals surface area contributed by atoms with Crippen molar-refractivity contribution in [3.63, 3.8) is 0 Å². The van der Waals surface area contributed by atoms with Crippen LogP contribution in [0.15, 0.2) is 30.3 Å². The molecule has 0 aliphatic heterocycles. The van der Waals surface area contributed by atoms with E-state index in [1.54, 1.807) is 0 Å². The Morgan fingerprint density at radius 3 is 2.89 bits per heavy atom. The summed E-state index contributed by atoms with van der Waals surface area (Å²) in [7, 11) is 0. The van der Waals surface area contributed by atoms with Gasteiger partial charge in [0.2, 0.25) is 0 Å². The first-order valence-electron chi connectivity index (χ1n) is 6.36. The van der Waals surface area contributed by atoms with Crippen molar-refractivity contribution in [2.75, 3.05) is 6.54 Å². The Hall–Kier alpha value is -0.590. The van der Waals surface area contributed by atoms with Gasteiger partial charge in [-0.25, -0.2) is 0 Å². The molecule has 1 heterocycles. The molecule has 2 aromatic rings. The summed E-state index contributed by atoms with van der Waals surface area (Å²) >= 11 is 4.15. The Kier molecular flexibility index (Phi) is 5.66. The van der Waals surface area contributed by atoms with Gasteiger partial charge in [0.15, 0.2) is 0 Å². The maximum Gasteiger partial charge on any atom is 0.120 e. The number of benzene rings is 1. The molecular formula is C15H18INOS. The number of halogens is 1. The van der Waals surface area contributed by atoms with E-state index < -0.39 is 0 Å². The van der Waals surface area contributed by atoms with Crippen LogP contribution in [0.3, 0.4) is 0 Å². The lowest BCUT2D eigenvalue weighted by Gasteiger charge is -2.05. The highest BCUT2D eigenvalue weighted by Gasteiger charge is 2.06. The molecule has 0 unspecified atom stereocenters. The number of rotatable bonds is 6. The summed E-state index contributed by atoms with van der Waals surface area (Å²) in [4.78, 5) is 2.72. The van der Waals surface area contributed by atoms with Crippen molar-refractivity contribution in [2.45, 2.75) is 27.0 Å². The first kappa shape index (κ1) is 14.8. The average molecular weight is 387 g/mol. The SMILES string of the molecule is CCNCc1cc(COc2cccc(I)c2)c(C)s1. The van der Waals surface area contributed by atoms with Gasteiger partial charge in [0, 0.05) is 25.4 Å². The van der Waals surface area contributed by atoms with Crippen LogP contribution in [-0.2, 0) is 13.2 Å². The lowest BCUT2D eigenvalue weighted by molar-refractivity contribution is 0.306. The number of hydrogen-bond donors (Lipinski definition) is 1. The lowest BCUT2D eigenvalue weighted by Crippen LogP contribution is -2.10. The van der Waals surface area contributed by atoms with Crippen LogP contribution in [0.5, 0.6) is 5.75 Å². The molecule has 19 heavy (non-hydrogen) atoms. The van der Waals surface area contributed by atoms with Gasteiger partial charge in [-0.15, -0.1) is 11.3 Å². The number of aryl methyl sites for hydroxylation is 1. The molecule has 0 bridgehead atoms. The van der Waals surface area contributed by atoms with Crippen LogP contribution in [0.25, 0.3) is 0 Å². The Labute approximate surface area is 132 Å². The summed E-state index contributed by atoms with van der Waals surface area (Å²) in [5.74, 6) is 0.936. The predicted octanol–water partition coefficient (Wildman–Crippen LogP) is 4.35. The zero-order valence-electron chi connectivity index (χ0n) is 11.2. The predicted molar refractivity (Wildman–Crippen MR) is 89.9 cm³/mol. The fraction of sp³-hybridized carbons (Fsp3) is 0.333. The number of ether oxygens (including phenoxy) is 1. The molecule has 1 N–H and O–H groups in total. The maximum absolute atomic E-state index is 5.85. The summed E-state index contributed by atoms with van der Waals surface area (Å²) in [6.45, 7) is 6.89. The Balaban J connectivity index is 1.97. The largest absolute Gasteiger partial charge is 0.489 e. The Bertz CT molecular complexity index is 539. The summed E-state index contributed by atoms with van der Waals surface area (Å²) in [6, 6.07) is 10.4. The third kappa shape index (κ3) is 4.47. The van der Waals surface area contributed by atoms with E-state index in [-0.39, 0.29) is 0 Å². The molecule has 4 heteroatoms. The number of hydrogen-bond acceptors (Lipinski definition) is 3. The van der Waals surface area contributed by atoms with Crippen molar-refractivity contribution >= 4 is 33.9 Å². The molecule has 102 valence electrons. The fourth-order valence-corrected chi connectivity index (χ4v) is 3.32. The van der Waals surface area contributed by atoms with Crippen LogP contribution in [-0.4, -0.2) is 6.54 Å². The van der Waals surface area contributed by atoms with Gasteiger partial charge >= 0.3 is 0 Å². The summed E-state index contributed by atoms with van der Waals surface area (Å²) in [6.07, 6.45) is 0. The van der Waals surface area contributed by atoms with Crippen molar-refractivity contribution in [3.05, 3.63) is 49.2 Å². The summed E-state index contributed by atoms with van der Waals surface area (Å²) in [5, 5.41) is 3.35. The smallest absolute Gasteiger partial charge is 0.120 e. The minimum absolute atomic E-state index is 0.647. The minimum atomic E-state index is 0.647. The quantitative estimate of drug-likeness (QED) is 0.745.